The van der Waals surface area contributed by atoms with Crippen LogP contribution in [0, 0.1) is 10.1 Å². The van der Waals surface area contributed by atoms with Gasteiger partial charge in [0.15, 0.2) is 9.84 Å². The van der Waals surface area contributed by atoms with Crippen molar-refractivity contribution in [3.63, 3.8) is 0 Å². The van der Waals surface area contributed by atoms with Crippen LogP contribution in [-0.2, 0) is 24.1 Å². The second-order valence-electron chi connectivity index (χ2n) is 6.43. The van der Waals surface area contributed by atoms with Crippen LogP contribution in [0.1, 0.15) is 6.92 Å². The highest BCUT2D eigenvalue weighted by atomic mass is 35.5. The minimum atomic E-state index is -3.44. The average Bonchev–Trinajstić information content (AvgIpc) is 2.68. The molecule has 2 aromatic rings. The smallest absolute Gasteiger partial charge is 0.328 e. The summed E-state index contributed by atoms with van der Waals surface area (Å²) in [5, 5.41) is 14.1. The normalized spacial score (nSPS) is 12.1. The lowest BCUT2D eigenvalue weighted by Crippen LogP contribution is -2.29. The van der Waals surface area contributed by atoms with Crippen molar-refractivity contribution in [3.8, 4) is 11.5 Å². The number of methoxy groups -OCH3 is 1. The molecule has 1 unspecified atom stereocenters. The maximum atomic E-state index is 12.0. The minimum Gasteiger partial charge on any atom is -0.462 e. The molecule has 12 heteroatoms. The largest absolute Gasteiger partial charge is 0.462 e. The summed E-state index contributed by atoms with van der Waals surface area (Å²) in [7, 11) is -1.98. The van der Waals surface area contributed by atoms with Gasteiger partial charge in [-0.15, -0.1) is 0 Å². The van der Waals surface area contributed by atoms with Gasteiger partial charge in [-0.25, -0.2) is 13.2 Å². The predicted octanol–water partition coefficient (Wildman–Crippen LogP) is 3.43. The summed E-state index contributed by atoms with van der Waals surface area (Å²) in [5.74, 6) is -0.278. The summed E-state index contributed by atoms with van der Waals surface area (Å²) in [6, 6.07) is 6.96. The first kappa shape index (κ1) is 24.4. The van der Waals surface area contributed by atoms with Gasteiger partial charge in [0.05, 0.1) is 21.4 Å². The molecule has 2 aromatic carbocycles. The standard InChI is InChI=1S/C19H21ClN2O8S/c1-12(19(23)29-9-8-28-2)21-16-10-13(4-6-17(16)22(24)25)30-18-7-5-14(11-15(18)20)31(3,26)27/h4-7,10-12,21H,8-9H2,1-3H3. The van der Waals surface area contributed by atoms with Crippen LogP contribution in [0.15, 0.2) is 41.3 Å². The molecule has 0 aromatic heterocycles. The Morgan fingerprint density at radius 1 is 1.23 bits per heavy atom. The van der Waals surface area contributed by atoms with Gasteiger partial charge in [-0.2, -0.15) is 0 Å². The number of nitro benzene ring substituents is 1. The van der Waals surface area contributed by atoms with Crippen molar-refractivity contribution in [3.05, 3.63) is 51.5 Å². The van der Waals surface area contributed by atoms with E-state index in [-0.39, 0.29) is 46.0 Å². The monoisotopic (exact) mass is 472 g/mol. The Kier molecular flexibility index (Phi) is 8.20. The highest BCUT2D eigenvalue weighted by molar-refractivity contribution is 7.90. The Bertz CT molecular complexity index is 1070. The van der Waals surface area contributed by atoms with E-state index in [2.05, 4.69) is 5.32 Å². The Balaban J connectivity index is 2.25. The Labute approximate surface area is 184 Å². The predicted molar refractivity (Wildman–Crippen MR) is 114 cm³/mol. The van der Waals surface area contributed by atoms with Crippen molar-refractivity contribution in [2.75, 3.05) is 31.9 Å². The van der Waals surface area contributed by atoms with Crippen molar-refractivity contribution in [1.82, 2.24) is 0 Å². The molecule has 0 saturated carbocycles. The highest BCUT2D eigenvalue weighted by Crippen LogP contribution is 2.35. The molecule has 31 heavy (non-hydrogen) atoms. The van der Waals surface area contributed by atoms with Gasteiger partial charge in [0.1, 0.15) is 29.8 Å². The molecule has 0 radical (unpaired) electrons. The number of esters is 1. The molecule has 0 heterocycles. The Hall–Kier alpha value is -2.89. The van der Waals surface area contributed by atoms with Crippen LogP contribution >= 0.6 is 11.6 Å². The number of anilines is 1. The zero-order valence-electron chi connectivity index (χ0n) is 17.0. The first-order chi connectivity index (χ1) is 14.5. The maximum Gasteiger partial charge on any atom is 0.328 e. The molecule has 10 nitrogen and oxygen atoms in total. The van der Waals surface area contributed by atoms with Gasteiger partial charge in [-0.05, 0) is 31.2 Å². The van der Waals surface area contributed by atoms with E-state index in [4.69, 9.17) is 25.8 Å². The van der Waals surface area contributed by atoms with Gasteiger partial charge in [-0.1, -0.05) is 11.6 Å². The van der Waals surface area contributed by atoms with Crippen LogP contribution in [0.5, 0.6) is 11.5 Å². The quantitative estimate of drug-likeness (QED) is 0.239. The second-order valence-corrected chi connectivity index (χ2v) is 8.85. The lowest BCUT2D eigenvalue weighted by Gasteiger charge is -2.16. The van der Waals surface area contributed by atoms with Crippen molar-refractivity contribution in [2.24, 2.45) is 0 Å². The number of hydrogen-bond acceptors (Lipinski definition) is 9. The molecule has 0 aliphatic heterocycles. The van der Waals surface area contributed by atoms with E-state index in [1.54, 1.807) is 0 Å². The van der Waals surface area contributed by atoms with E-state index in [0.29, 0.717) is 0 Å². The van der Waals surface area contributed by atoms with Crippen molar-refractivity contribution < 1.29 is 32.3 Å². The molecule has 0 spiro atoms. The van der Waals surface area contributed by atoms with Crippen molar-refractivity contribution in [1.29, 1.82) is 0 Å². The maximum absolute atomic E-state index is 12.0. The van der Waals surface area contributed by atoms with Gasteiger partial charge in [-0.3, -0.25) is 10.1 Å². The molecule has 1 atom stereocenters. The number of carbonyl (C=O) groups excluding carboxylic acids is 1. The fourth-order valence-electron chi connectivity index (χ4n) is 2.42. The van der Waals surface area contributed by atoms with E-state index in [1.165, 1.54) is 50.4 Å². The SMILES string of the molecule is COCCOC(=O)C(C)Nc1cc(Oc2ccc(S(C)(=O)=O)cc2Cl)ccc1[N+](=O)[O-]. The number of benzene rings is 2. The van der Waals surface area contributed by atoms with Crippen molar-refractivity contribution in [2.45, 2.75) is 17.9 Å². The van der Waals surface area contributed by atoms with E-state index < -0.39 is 26.8 Å². The van der Waals surface area contributed by atoms with Crippen LogP contribution in [0.2, 0.25) is 5.02 Å². The average molecular weight is 473 g/mol. The van der Waals surface area contributed by atoms with E-state index >= 15 is 0 Å². The third-order valence-corrected chi connectivity index (χ3v) is 5.39. The molecule has 0 aliphatic carbocycles. The summed E-state index contributed by atoms with van der Waals surface area (Å²) in [6.07, 6.45) is 1.05. The molecular weight excluding hydrogens is 452 g/mol. The first-order valence-corrected chi connectivity index (χ1v) is 11.2. The zero-order chi connectivity index (χ0) is 23.2. The number of rotatable bonds is 10. The van der Waals surface area contributed by atoms with Gasteiger partial charge < -0.3 is 19.5 Å². The lowest BCUT2D eigenvalue weighted by atomic mass is 10.2. The zero-order valence-corrected chi connectivity index (χ0v) is 18.5. The second kappa shape index (κ2) is 10.4. The number of nitrogens with zero attached hydrogens (tertiary/aromatic N) is 1. The summed E-state index contributed by atoms with van der Waals surface area (Å²) in [6.45, 7) is 1.77. The summed E-state index contributed by atoms with van der Waals surface area (Å²) in [5.41, 5.74) is -0.245. The van der Waals surface area contributed by atoms with Gasteiger partial charge in [0.25, 0.3) is 5.69 Å². The van der Waals surface area contributed by atoms with E-state index in [0.717, 1.165) is 6.26 Å². The lowest BCUT2D eigenvalue weighted by molar-refractivity contribution is -0.384. The van der Waals surface area contributed by atoms with E-state index in [9.17, 15) is 23.3 Å². The fraction of sp³-hybridized carbons (Fsp3) is 0.316. The molecule has 0 bridgehead atoms. The minimum absolute atomic E-state index is 0.0247. The number of carbonyl (C=O) groups is 1. The number of sulfone groups is 1. The third kappa shape index (κ3) is 6.81. The Morgan fingerprint density at radius 2 is 1.94 bits per heavy atom. The number of nitro groups is 1. The van der Waals surface area contributed by atoms with Gasteiger partial charge >= 0.3 is 5.97 Å². The highest BCUT2D eigenvalue weighted by Gasteiger charge is 2.21. The molecule has 0 fully saturated rings. The number of nitrogens with one attached hydrogen (secondary N) is 1. The Morgan fingerprint density at radius 3 is 2.52 bits per heavy atom. The van der Waals surface area contributed by atoms with Crippen LogP contribution in [0.25, 0.3) is 0 Å². The third-order valence-electron chi connectivity index (χ3n) is 3.98. The van der Waals surface area contributed by atoms with Crippen molar-refractivity contribution >= 4 is 38.8 Å². The van der Waals surface area contributed by atoms with Gasteiger partial charge in [0.2, 0.25) is 0 Å². The van der Waals surface area contributed by atoms with Crippen LogP contribution in [0.4, 0.5) is 11.4 Å². The fourth-order valence-corrected chi connectivity index (χ4v) is 3.35. The number of halogens is 1. The number of ether oxygens (including phenoxy) is 3. The van der Waals surface area contributed by atoms with Crippen LogP contribution < -0.4 is 10.1 Å². The van der Waals surface area contributed by atoms with E-state index in [1.807, 2.05) is 0 Å². The number of hydrogen-bond donors (Lipinski definition) is 1. The molecular formula is C19H21ClN2O8S. The summed E-state index contributed by atoms with van der Waals surface area (Å²) >= 11 is 6.11. The topological polar surface area (TPSA) is 134 Å². The molecule has 2 rings (SSSR count). The molecule has 0 saturated heterocycles. The molecule has 168 valence electrons. The molecule has 1 N–H and O–H groups in total. The molecule has 0 aliphatic rings. The first-order valence-electron chi connectivity index (χ1n) is 8.91. The molecule has 0 amide bonds. The van der Waals surface area contributed by atoms with Crippen LogP contribution in [0.3, 0.4) is 0 Å². The van der Waals surface area contributed by atoms with Gasteiger partial charge in [0, 0.05) is 25.5 Å². The van der Waals surface area contributed by atoms with Crippen LogP contribution in [-0.4, -0.2) is 51.9 Å². The summed E-state index contributed by atoms with van der Waals surface area (Å²) in [4.78, 5) is 22.8. The summed E-state index contributed by atoms with van der Waals surface area (Å²) < 4.78 is 38.7.